The quantitative estimate of drug-likeness (QED) is 0.905. The highest BCUT2D eigenvalue weighted by molar-refractivity contribution is 5.94. The normalized spacial score (nSPS) is 23.0. The van der Waals surface area contributed by atoms with E-state index >= 15 is 0 Å². The van der Waals surface area contributed by atoms with E-state index < -0.39 is 0 Å². The van der Waals surface area contributed by atoms with Crippen LogP contribution >= 0.6 is 0 Å². The summed E-state index contributed by atoms with van der Waals surface area (Å²) in [4.78, 5) is 19.2. The molecule has 1 atom stereocenters. The molecule has 1 amide bonds. The second-order valence-electron chi connectivity index (χ2n) is 6.64. The maximum Gasteiger partial charge on any atom is 0.257 e. The molecule has 0 radical (unpaired) electrons. The molecule has 0 bridgehead atoms. The fraction of sp³-hybridized carbons (Fsp3) is 0.600. The van der Waals surface area contributed by atoms with Crippen LogP contribution in [0.4, 0.5) is 0 Å². The monoisotopic (exact) mass is 300 g/mol. The first kappa shape index (κ1) is 13.5. The first-order valence-electron chi connectivity index (χ1n) is 7.74. The molecule has 22 heavy (non-hydrogen) atoms. The summed E-state index contributed by atoms with van der Waals surface area (Å²) in [7, 11) is 1.83. The molecule has 7 nitrogen and oxygen atoms in total. The Bertz CT molecular complexity index is 713. The third-order valence-corrected chi connectivity index (χ3v) is 5.16. The molecule has 116 valence electrons. The van der Waals surface area contributed by atoms with Crippen molar-refractivity contribution in [3.05, 3.63) is 29.6 Å². The molecule has 1 N–H and O–H groups in total. The second kappa shape index (κ2) is 4.66. The van der Waals surface area contributed by atoms with Gasteiger partial charge in [-0.1, -0.05) is 6.42 Å². The number of aromatic nitrogens is 5. The van der Waals surface area contributed by atoms with Crippen LogP contribution in [0.15, 0.2) is 12.4 Å². The van der Waals surface area contributed by atoms with Gasteiger partial charge in [0.1, 0.15) is 5.82 Å². The average Bonchev–Trinajstić information content (AvgIpc) is 3.14. The molecular formula is C15H20N6O. The maximum absolute atomic E-state index is 12.7. The van der Waals surface area contributed by atoms with Crippen molar-refractivity contribution in [3.8, 4) is 0 Å². The van der Waals surface area contributed by atoms with Crippen LogP contribution in [0.2, 0.25) is 0 Å². The van der Waals surface area contributed by atoms with E-state index in [4.69, 9.17) is 0 Å². The van der Waals surface area contributed by atoms with Gasteiger partial charge in [0.15, 0.2) is 5.82 Å². The molecule has 3 heterocycles. The highest BCUT2D eigenvalue weighted by atomic mass is 16.2. The van der Waals surface area contributed by atoms with Crippen molar-refractivity contribution in [3.63, 3.8) is 0 Å². The number of hydrogen-bond donors (Lipinski definition) is 1. The smallest absolute Gasteiger partial charge is 0.257 e. The number of hydrogen-bond acceptors (Lipinski definition) is 4. The van der Waals surface area contributed by atoms with E-state index in [1.807, 2.05) is 18.9 Å². The zero-order chi connectivity index (χ0) is 15.3. The van der Waals surface area contributed by atoms with Crippen LogP contribution in [0, 0.1) is 12.3 Å². The van der Waals surface area contributed by atoms with Gasteiger partial charge in [-0.3, -0.25) is 14.6 Å². The lowest BCUT2D eigenvalue weighted by atomic mass is 9.62. The second-order valence-corrected chi connectivity index (χ2v) is 6.64. The fourth-order valence-electron chi connectivity index (χ4n) is 3.85. The van der Waals surface area contributed by atoms with E-state index in [-0.39, 0.29) is 17.2 Å². The molecule has 7 heteroatoms. The number of H-pyrrole nitrogens is 1. The van der Waals surface area contributed by atoms with Gasteiger partial charge in [0.2, 0.25) is 0 Å². The van der Waals surface area contributed by atoms with E-state index in [1.165, 1.54) is 6.42 Å². The Balaban J connectivity index is 1.61. The van der Waals surface area contributed by atoms with Crippen LogP contribution in [-0.2, 0) is 7.05 Å². The van der Waals surface area contributed by atoms with Crippen LogP contribution in [0.1, 0.15) is 47.2 Å². The number of amides is 1. The summed E-state index contributed by atoms with van der Waals surface area (Å²) >= 11 is 0. The van der Waals surface area contributed by atoms with Gasteiger partial charge in [-0.2, -0.15) is 10.2 Å². The highest BCUT2D eigenvalue weighted by Gasteiger charge is 2.53. The van der Waals surface area contributed by atoms with Crippen molar-refractivity contribution in [1.82, 2.24) is 29.9 Å². The zero-order valence-electron chi connectivity index (χ0n) is 12.9. The maximum atomic E-state index is 12.7. The summed E-state index contributed by atoms with van der Waals surface area (Å²) in [5.74, 6) is 2.00. The van der Waals surface area contributed by atoms with Crippen LogP contribution in [0.3, 0.4) is 0 Å². The Morgan fingerprint density at radius 1 is 1.45 bits per heavy atom. The van der Waals surface area contributed by atoms with Gasteiger partial charge in [-0.15, -0.1) is 0 Å². The Hall–Kier alpha value is -2.18. The molecule has 2 aromatic heterocycles. The third-order valence-electron chi connectivity index (χ3n) is 5.16. The molecular weight excluding hydrogens is 280 g/mol. The van der Waals surface area contributed by atoms with Crippen LogP contribution in [0.25, 0.3) is 0 Å². The van der Waals surface area contributed by atoms with Gasteiger partial charge < -0.3 is 4.90 Å². The summed E-state index contributed by atoms with van der Waals surface area (Å²) in [5.41, 5.74) is 0.829. The van der Waals surface area contributed by atoms with Gasteiger partial charge in [0, 0.05) is 32.3 Å². The van der Waals surface area contributed by atoms with Gasteiger partial charge in [-0.05, 0) is 25.2 Å². The number of aryl methyl sites for hydroxylation is 2. The molecule has 1 unspecified atom stereocenters. The lowest BCUT2D eigenvalue weighted by Gasteiger charge is -2.41. The molecule has 4 rings (SSSR count). The molecule has 1 saturated carbocycles. The van der Waals surface area contributed by atoms with Crippen molar-refractivity contribution >= 4 is 5.91 Å². The van der Waals surface area contributed by atoms with Crippen LogP contribution in [0.5, 0.6) is 0 Å². The molecule has 2 aromatic rings. The van der Waals surface area contributed by atoms with E-state index in [0.717, 1.165) is 31.0 Å². The molecule has 1 aliphatic carbocycles. The minimum absolute atomic E-state index is 0.0640. The Kier molecular flexibility index (Phi) is 2.85. The van der Waals surface area contributed by atoms with E-state index in [2.05, 4.69) is 20.3 Å². The summed E-state index contributed by atoms with van der Waals surface area (Å²) in [6.45, 7) is 3.42. The SMILES string of the molecule is Cc1nc(C2CN(C(=O)c3cnn(C)c3)CC23CCC3)n[nH]1. The minimum atomic E-state index is 0.0640. The van der Waals surface area contributed by atoms with Crippen LogP contribution < -0.4 is 0 Å². The Labute approximate surface area is 128 Å². The predicted molar refractivity (Wildman–Crippen MR) is 79.3 cm³/mol. The number of likely N-dealkylation sites (tertiary alicyclic amines) is 1. The van der Waals surface area contributed by atoms with Crippen LogP contribution in [-0.4, -0.2) is 48.9 Å². The number of carbonyl (C=O) groups is 1. The summed E-state index contributed by atoms with van der Waals surface area (Å²) in [5, 5.41) is 11.4. The van der Waals surface area contributed by atoms with Gasteiger partial charge >= 0.3 is 0 Å². The van der Waals surface area contributed by atoms with Gasteiger partial charge in [0.05, 0.1) is 11.8 Å². The topological polar surface area (TPSA) is 79.7 Å². The summed E-state index contributed by atoms with van der Waals surface area (Å²) in [6, 6.07) is 0. The van der Waals surface area contributed by atoms with Crippen molar-refractivity contribution in [2.45, 2.75) is 32.1 Å². The Morgan fingerprint density at radius 2 is 2.27 bits per heavy atom. The minimum Gasteiger partial charge on any atom is -0.337 e. The lowest BCUT2D eigenvalue weighted by molar-refractivity contribution is 0.0724. The molecule has 1 saturated heterocycles. The lowest BCUT2D eigenvalue weighted by Crippen LogP contribution is -2.38. The summed E-state index contributed by atoms with van der Waals surface area (Å²) in [6.07, 6.45) is 6.96. The number of nitrogens with one attached hydrogen (secondary N) is 1. The van der Waals surface area contributed by atoms with Crippen molar-refractivity contribution in [2.75, 3.05) is 13.1 Å². The van der Waals surface area contributed by atoms with Crippen molar-refractivity contribution < 1.29 is 4.79 Å². The largest absolute Gasteiger partial charge is 0.337 e. The van der Waals surface area contributed by atoms with E-state index in [0.29, 0.717) is 12.1 Å². The molecule has 2 fully saturated rings. The van der Waals surface area contributed by atoms with Crippen molar-refractivity contribution in [1.29, 1.82) is 0 Å². The third kappa shape index (κ3) is 1.95. The molecule has 2 aliphatic rings. The number of nitrogens with zero attached hydrogens (tertiary/aromatic N) is 5. The first-order chi connectivity index (χ1) is 10.6. The number of rotatable bonds is 2. The molecule has 0 aromatic carbocycles. The van der Waals surface area contributed by atoms with Gasteiger partial charge in [-0.25, -0.2) is 4.98 Å². The molecule has 1 spiro atoms. The van der Waals surface area contributed by atoms with E-state index in [1.54, 1.807) is 17.1 Å². The standard InChI is InChI=1S/C15H20N6O/c1-10-17-13(19-18-10)12-8-21(9-15(12)4-3-5-15)14(22)11-6-16-20(2)7-11/h6-7,12H,3-5,8-9H2,1-2H3,(H,17,18,19). The van der Waals surface area contributed by atoms with E-state index in [9.17, 15) is 4.79 Å². The Morgan fingerprint density at radius 3 is 2.82 bits per heavy atom. The first-order valence-corrected chi connectivity index (χ1v) is 7.74. The highest BCUT2D eigenvalue weighted by Crippen LogP contribution is 2.55. The average molecular weight is 300 g/mol. The molecule has 1 aliphatic heterocycles. The zero-order valence-corrected chi connectivity index (χ0v) is 12.9. The number of aromatic amines is 1. The summed E-state index contributed by atoms with van der Waals surface area (Å²) < 4.78 is 1.67. The van der Waals surface area contributed by atoms with Gasteiger partial charge in [0.25, 0.3) is 5.91 Å². The predicted octanol–water partition coefficient (Wildman–Crippen LogP) is 1.26. The fourth-order valence-corrected chi connectivity index (χ4v) is 3.85. The van der Waals surface area contributed by atoms with Crippen molar-refractivity contribution in [2.24, 2.45) is 12.5 Å². The number of carbonyl (C=O) groups excluding carboxylic acids is 1.